The van der Waals surface area contributed by atoms with Crippen LogP contribution in [0.5, 0.6) is 0 Å². The van der Waals surface area contributed by atoms with Crippen LogP contribution in [0.3, 0.4) is 0 Å². The highest BCUT2D eigenvalue weighted by Gasteiger charge is 2.13. The first-order valence-corrected chi connectivity index (χ1v) is 8.95. The molecule has 0 unspecified atom stereocenters. The molecule has 3 rings (SSSR count). The number of anilines is 2. The number of aromatic carboxylic acids is 1. The molecule has 0 atom stereocenters. The minimum absolute atomic E-state index is 0.113. The monoisotopic (exact) mass is 387 g/mol. The molecule has 0 heterocycles. The molecule has 0 aliphatic heterocycles. The fourth-order valence-corrected chi connectivity index (χ4v) is 2.68. The van der Waals surface area contributed by atoms with Gasteiger partial charge in [0.05, 0.1) is 17.3 Å². The molecule has 3 aromatic rings. The van der Waals surface area contributed by atoms with Crippen molar-refractivity contribution in [2.75, 3.05) is 10.6 Å². The van der Waals surface area contributed by atoms with E-state index in [1.54, 1.807) is 36.4 Å². The van der Waals surface area contributed by atoms with Gasteiger partial charge in [0.15, 0.2) is 0 Å². The van der Waals surface area contributed by atoms with Crippen molar-refractivity contribution in [3.8, 4) is 0 Å². The van der Waals surface area contributed by atoms with E-state index < -0.39 is 11.9 Å². The van der Waals surface area contributed by atoms with Crippen LogP contribution in [0.4, 0.5) is 11.4 Å². The molecular formula is C23H19N2O4-. The molecule has 0 saturated heterocycles. The van der Waals surface area contributed by atoms with Crippen molar-refractivity contribution in [1.29, 1.82) is 0 Å². The van der Waals surface area contributed by atoms with E-state index in [1.165, 1.54) is 18.2 Å². The lowest BCUT2D eigenvalue weighted by molar-refractivity contribution is -0.255. The third-order valence-electron chi connectivity index (χ3n) is 4.38. The molecule has 0 aromatic heterocycles. The Bertz CT molecular complexity index is 1070. The molecule has 0 fully saturated rings. The van der Waals surface area contributed by atoms with Gasteiger partial charge in [0.1, 0.15) is 0 Å². The third-order valence-corrected chi connectivity index (χ3v) is 4.38. The summed E-state index contributed by atoms with van der Waals surface area (Å²) in [4.78, 5) is 36.3. The fourth-order valence-electron chi connectivity index (χ4n) is 2.68. The van der Waals surface area contributed by atoms with E-state index in [1.807, 2.05) is 26.0 Å². The number of rotatable bonds is 5. The Morgan fingerprint density at radius 2 is 1.03 bits per heavy atom. The lowest BCUT2D eigenvalue weighted by atomic mass is 10.1. The zero-order valence-electron chi connectivity index (χ0n) is 16.0. The van der Waals surface area contributed by atoms with Crippen LogP contribution >= 0.6 is 0 Å². The highest BCUT2D eigenvalue weighted by molar-refractivity contribution is 6.10. The molecule has 2 N–H and O–H groups in total. The number of aryl methyl sites for hydroxylation is 2. The summed E-state index contributed by atoms with van der Waals surface area (Å²) in [6.07, 6.45) is 0. The first-order chi connectivity index (χ1) is 13.8. The standard InChI is InChI=1S/C23H20N2O4/c1-14-3-7-16(8-4-14)21(26)24-19-12-11-18(23(28)29)13-20(19)25-22(27)17-9-5-15(2)6-10-17/h3-13H,1-2H3,(H,24,26)(H,25,27)(H,28,29)/p-1. The predicted molar refractivity (Wildman–Crippen MR) is 109 cm³/mol. The van der Waals surface area contributed by atoms with Crippen LogP contribution in [0, 0.1) is 13.8 Å². The van der Waals surface area contributed by atoms with E-state index in [-0.39, 0.29) is 22.8 Å². The van der Waals surface area contributed by atoms with Gasteiger partial charge in [-0.05, 0) is 55.8 Å². The minimum Gasteiger partial charge on any atom is -0.545 e. The first kappa shape index (κ1) is 19.8. The number of carbonyl (C=O) groups is 3. The quantitative estimate of drug-likeness (QED) is 0.702. The number of hydrogen-bond acceptors (Lipinski definition) is 4. The smallest absolute Gasteiger partial charge is 0.255 e. The van der Waals surface area contributed by atoms with Crippen LogP contribution < -0.4 is 15.7 Å². The third kappa shape index (κ3) is 4.87. The molecule has 0 bridgehead atoms. The van der Waals surface area contributed by atoms with Crippen molar-refractivity contribution in [3.05, 3.63) is 94.5 Å². The molecule has 29 heavy (non-hydrogen) atoms. The van der Waals surface area contributed by atoms with Crippen LogP contribution in [-0.2, 0) is 0 Å². The van der Waals surface area contributed by atoms with Crippen molar-refractivity contribution in [2.24, 2.45) is 0 Å². The van der Waals surface area contributed by atoms with Crippen LogP contribution in [0.15, 0.2) is 66.7 Å². The lowest BCUT2D eigenvalue weighted by Crippen LogP contribution is -2.23. The van der Waals surface area contributed by atoms with Gasteiger partial charge in [0.25, 0.3) is 11.8 Å². The van der Waals surface area contributed by atoms with Gasteiger partial charge in [-0.2, -0.15) is 0 Å². The van der Waals surface area contributed by atoms with Crippen molar-refractivity contribution in [2.45, 2.75) is 13.8 Å². The molecule has 0 spiro atoms. The maximum absolute atomic E-state index is 12.6. The lowest BCUT2D eigenvalue weighted by Gasteiger charge is -2.15. The van der Waals surface area contributed by atoms with E-state index in [0.717, 1.165) is 11.1 Å². The number of carboxylic acids is 1. The molecule has 6 heteroatoms. The number of benzene rings is 3. The van der Waals surface area contributed by atoms with Gasteiger partial charge < -0.3 is 20.5 Å². The Morgan fingerprint density at radius 1 is 0.621 bits per heavy atom. The van der Waals surface area contributed by atoms with Gasteiger partial charge >= 0.3 is 0 Å². The van der Waals surface area contributed by atoms with Gasteiger partial charge in [-0.15, -0.1) is 0 Å². The summed E-state index contributed by atoms with van der Waals surface area (Å²) in [5, 5.41) is 16.6. The largest absolute Gasteiger partial charge is 0.545 e. The van der Waals surface area contributed by atoms with Crippen molar-refractivity contribution in [1.82, 2.24) is 0 Å². The van der Waals surface area contributed by atoms with Gasteiger partial charge in [0, 0.05) is 11.1 Å². The second kappa shape index (κ2) is 8.39. The molecule has 2 amide bonds. The Labute approximate surface area is 168 Å². The predicted octanol–water partition coefficient (Wildman–Crippen LogP) is 3.17. The Balaban J connectivity index is 1.89. The molecule has 3 aromatic carbocycles. The average molecular weight is 387 g/mol. The van der Waals surface area contributed by atoms with Crippen LogP contribution in [0.25, 0.3) is 0 Å². The van der Waals surface area contributed by atoms with Crippen molar-refractivity contribution in [3.63, 3.8) is 0 Å². The summed E-state index contributed by atoms with van der Waals surface area (Å²) < 4.78 is 0. The highest BCUT2D eigenvalue weighted by Crippen LogP contribution is 2.25. The maximum Gasteiger partial charge on any atom is 0.255 e. The summed E-state index contributed by atoms with van der Waals surface area (Å²) in [6, 6.07) is 17.9. The Hall–Kier alpha value is -3.93. The molecule has 0 saturated carbocycles. The molecule has 0 aliphatic carbocycles. The van der Waals surface area contributed by atoms with Gasteiger partial charge in [0.2, 0.25) is 0 Å². The van der Waals surface area contributed by atoms with E-state index in [2.05, 4.69) is 10.6 Å². The van der Waals surface area contributed by atoms with E-state index in [0.29, 0.717) is 11.1 Å². The number of carboxylic acid groups (broad SMARTS) is 1. The summed E-state index contributed by atoms with van der Waals surface area (Å²) >= 11 is 0. The first-order valence-electron chi connectivity index (χ1n) is 8.95. The summed E-state index contributed by atoms with van der Waals surface area (Å²) in [5.74, 6) is -2.18. The fraction of sp³-hybridized carbons (Fsp3) is 0.0870. The number of nitrogens with one attached hydrogen (secondary N) is 2. The van der Waals surface area contributed by atoms with Crippen LogP contribution in [0.2, 0.25) is 0 Å². The molecule has 0 aliphatic rings. The SMILES string of the molecule is Cc1ccc(C(=O)Nc2ccc(C(=O)[O-])cc2NC(=O)c2ccc(C)cc2)cc1. The average Bonchev–Trinajstić information content (AvgIpc) is 2.70. The van der Waals surface area contributed by atoms with E-state index in [4.69, 9.17) is 0 Å². The highest BCUT2D eigenvalue weighted by atomic mass is 16.4. The minimum atomic E-state index is -1.38. The van der Waals surface area contributed by atoms with E-state index in [9.17, 15) is 19.5 Å². The van der Waals surface area contributed by atoms with Crippen molar-refractivity contribution >= 4 is 29.2 Å². The second-order valence-electron chi connectivity index (χ2n) is 6.69. The van der Waals surface area contributed by atoms with Gasteiger partial charge in [-0.25, -0.2) is 0 Å². The van der Waals surface area contributed by atoms with Crippen molar-refractivity contribution < 1.29 is 19.5 Å². The maximum atomic E-state index is 12.6. The second-order valence-corrected chi connectivity index (χ2v) is 6.69. The number of amides is 2. The zero-order valence-corrected chi connectivity index (χ0v) is 16.0. The summed E-state index contributed by atoms with van der Waals surface area (Å²) in [6.45, 7) is 3.82. The summed E-state index contributed by atoms with van der Waals surface area (Å²) in [7, 11) is 0. The Kier molecular flexibility index (Phi) is 5.74. The van der Waals surface area contributed by atoms with Gasteiger partial charge in [-0.1, -0.05) is 41.5 Å². The zero-order chi connectivity index (χ0) is 21.0. The molecular weight excluding hydrogens is 368 g/mol. The van der Waals surface area contributed by atoms with Crippen LogP contribution in [-0.4, -0.2) is 17.8 Å². The Morgan fingerprint density at radius 3 is 1.48 bits per heavy atom. The topological polar surface area (TPSA) is 98.3 Å². The van der Waals surface area contributed by atoms with Gasteiger partial charge in [-0.3, -0.25) is 9.59 Å². The van der Waals surface area contributed by atoms with E-state index >= 15 is 0 Å². The normalized spacial score (nSPS) is 10.3. The van der Waals surface area contributed by atoms with Crippen LogP contribution in [0.1, 0.15) is 42.2 Å². The number of hydrogen-bond donors (Lipinski definition) is 2. The number of carbonyl (C=O) groups excluding carboxylic acids is 3. The molecule has 6 nitrogen and oxygen atoms in total. The summed E-state index contributed by atoms with van der Waals surface area (Å²) in [5.41, 5.74) is 3.20. The molecule has 0 radical (unpaired) electrons. The molecule has 146 valence electrons.